The fourth-order valence-corrected chi connectivity index (χ4v) is 1.59. The van der Waals surface area contributed by atoms with Gasteiger partial charge in [-0.25, -0.2) is 0 Å². The molecule has 5 heteroatoms. The fourth-order valence-electron chi connectivity index (χ4n) is 1.59. The van der Waals surface area contributed by atoms with Gasteiger partial charge in [0.05, 0.1) is 18.9 Å². The zero-order valence-corrected chi connectivity index (χ0v) is 9.96. The lowest BCUT2D eigenvalue weighted by atomic mass is 10.2. The molecule has 0 unspecified atom stereocenters. The SMILES string of the molecule is Cc1cnn(Cc2cn(CC(C)C)nn2)c1. The standard InChI is InChI=1S/C11H17N5/c1-9(2)5-16-8-11(13-14-16)7-15-6-10(3)4-12-15/h4,6,8-9H,5,7H2,1-3H3. The molecule has 2 aromatic heterocycles. The summed E-state index contributed by atoms with van der Waals surface area (Å²) in [6, 6.07) is 0. The van der Waals surface area contributed by atoms with E-state index in [9.17, 15) is 0 Å². The van der Waals surface area contributed by atoms with Gasteiger partial charge in [0.25, 0.3) is 0 Å². The normalized spacial score (nSPS) is 11.2. The Hall–Kier alpha value is -1.65. The first-order valence-electron chi connectivity index (χ1n) is 5.51. The van der Waals surface area contributed by atoms with Crippen LogP contribution in [0.4, 0.5) is 0 Å². The van der Waals surface area contributed by atoms with Crippen molar-refractivity contribution in [3.63, 3.8) is 0 Å². The van der Waals surface area contributed by atoms with Crippen LogP contribution in [0.25, 0.3) is 0 Å². The molecule has 0 aliphatic heterocycles. The molecule has 86 valence electrons. The average Bonchev–Trinajstić information content (AvgIpc) is 2.76. The molecule has 0 amide bonds. The lowest BCUT2D eigenvalue weighted by Gasteiger charge is -2.01. The fraction of sp³-hybridized carbons (Fsp3) is 0.545. The number of hydrogen-bond donors (Lipinski definition) is 0. The van der Waals surface area contributed by atoms with Crippen molar-refractivity contribution < 1.29 is 0 Å². The van der Waals surface area contributed by atoms with Crippen molar-refractivity contribution in [3.8, 4) is 0 Å². The predicted octanol–water partition coefficient (Wildman–Crippen LogP) is 1.49. The molecule has 0 N–H and O–H groups in total. The van der Waals surface area contributed by atoms with Crippen LogP contribution in [0.2, 0.25) is 0 Å². The van der Waals surface area contributed by atoms with Crippen LogP contribution in [0.3, 0.4) is 0 Å². The van der Waals surface area contributed by atoms with Gasteiger partial charge in [-0.2, -0.15) is 5.10 Å². The maximum Gasteiger partial charge on any atom is 0.104 e. The Bertz CT molecular complexity index is 454. The van der Waals surface area contributed by atoms with E-state index in [4.69, 9.17) is 0 Å². The number of rotatable bonds is 4. The van der Waals surface area contributed by atoms with Crippen LogP contribution in [0, 0.1) is 12.8 Å². The molecule has 2 rings (SSSR count). The van der Waals surface area contributed by atoms with E-state index in [0.29, 0.717) is 12.5 Å². The van der Waals surface area contributed by atoms with Crippen LogP contribution in [-0.4, -0.2) is 24.8 Å². The summed E-state index contributed by atoms with van der Waals surface area (Å²) < 4.78 is 3.76. The van der Waals surface area contributed by atoms with E-state index in [1.54, 1.807) is 0 Å². The molecule has 2 aromatic rings. The third-order valence-corrected chi connectivity index (χ3v) is 2.22. The monoisotopic (exact) mass is 219 g/mol. The Morgan fingerprint density at radius 1 is 1.25 bits per heavy atom. The molecule has 0 radical (unpaired) electrons. The third-order valence-electron chi connectivity index (χ3n) is 2.22. The van der Waals surface area contributed by atoms with Crippen molar-refractivity contribution in [2.24, 2.45) is 5.92 Å². The van der Waals surface area contributed by atoms with Crippen LogP contribution in [0.15, 0.2) is 18.6 Å². The van der Waals surface area contributed by atoms with Gasteiger partial charge in [-0.05, 0) is 18.4 Å². The minimum absolute atomic E-state index is 0.585. The molecule has 0 atom stereocenters. The molecule has 2 heterocycles. The highest BCUT2D eigenvalue weighted by Crippen LogP contribution is 2.02. The highest BCUT2D eigenvalue weighted by Gasteiger charge is 2.03. The van der Waals surface area contributed by atoms with Crippen molar-refractivity contribution in [1.29, 1.82) is 0 Å². The average molecular weight is 219 g/mol. The minimum atomic E-state index is 0.585. The van der Waals surface area contributed by atoms with Crippen molar-refractivity contribution >= 4 is 0 Å². The summed E-state index contributed by atoms with van der Waals surface area (Å²) in [5, 5.41) is 12.4. The van der Waals surface area contributed by atoms with Gasteiger partial charge < -0.3 is 0 Å². The van der Waals surface area contributed by atoms with E-state index in [2.05, 4.69) is 29.3 Å². The second-order valence-corrected chi connectivity index (χ2v) is 4.54. The van der Waals surface area contributed by atoms with Crippen LogP contribution in [0.5, 0.6) is 0 Å². The summed E-state index contributed by atoms with van der Waals surface area (Å²) in [6.07, 6.45) is 5.83. The summed E-state index contributed by atoms with van der Waals surface area (Å²) in [5.74, 6) is 0.585. The molecule has 5 nitrogen and oxygen atoms in total. The molecule has 0 aromatic carbocycles. The molecule has 0 aliphatic carbocycles. The summed E-state index contributed by atoms with van der Waals surface area (Å²) in [4.78, 5) is 0. The zero-order valence-electron chi connectivity index (χ0n) is 9.96. The zero-order chi connectivity index (χ0) is 11.5. The molecule has 0 saturated carbocycles. The highest BCUT2D eigenvalue weighted by atomic mass is 15.4. The molecule has 0 fully saturated rings. The first-order valence-corrected chi connectivity index (χ1v) is 5.51. The van der Waals surface area contributed by atoms with Gasteiger partial charge in [-0.3, -0.25) is 9.36 Å². The topological polar surface area (TPSA) is 48.5 Å². The molecular formula is C11H17N5. The van der Waals surface area contributed by atoms with E-state index in [0.717, 1.165) is 17.8 Å². The Labute approximate surface area is 95.1 Å². The smallest absolute Gasteiger partial charge is 0.104 e. The van der Waals surface area contributed by atoms with Crippen molar-refractivity contribution in [1.82, 2.24) is 24.8 Å². The maximum absolute atomic E-state index is 4.22. The second-order valence-electron chi connectivity index (χ2n) is 4.54. The van der Waals surface area contributed by atoms with Gasteiger partial charge in [-0.1, -0.05) is 19.1 Å². The molecule has 0 spiro atoms. The quantitative estimate of drug-likeness (QED) is 0.782. The number of aromatic nitrogens is 5. The van der Waals surface area contributed by atoms with Crippen molar-refractivity contribution in [2.75, 3.05) is 0 Å². The van der Waals surface area contributed by atoms with Gasteiger partial charge in [-0.15, -0.1) is 5.10 Å². The Morgan fingerprint density at radius 3 is 2.69 bits per heavy atom. The second kappa shape index (κ2) is 4.47. The number of nitrogens with zero attached hydrogens (tertiary/aromatic N) is 5. The van der Waals surface area contributed by atoms with Gasteiger partial charge in [0.1, 0.15) is 5.69 Å². The molecule has 16 heavy (non-hydrogen) atoms. The Balaban J connectivity index is 2.02. The van der Waals surface area contributed by atoms with Crippen molar-refractivity contribution in [3.05, 3.63) is 29.8 Å². The highest BCUT2D eigenvalue weighted by molar-refractivity contribution is 5.02. The number of aryl methyl sites for hydroxylation is 1. The molecular weight excluding hydrogens is 202 g/mol. The van der Waals surface area contributed by atoms with Gasteiger partial charge in [0.15, 0.2) is 0 Å². The van der Waals surface area contributed by atoms with Crippen LogP contribution < -0.4 is 0 Å². The summed E-state index contributed by atoms with van der Waals surface area (Å²) >= 11 is 0. The van der Waals surface area contributed by atoms with Crippen LogP contribution in [-0.2, 0) is 13.1 Å². The summed E-state index contributed by atoms with van der Waals surface area (Å²) in [6.45, 7) is 7.95. The lowest BCUT2D eigenvalue weighted by molar-refractivity contribution is 0.472. The minimum Gasteiger partial charge on any atom is -0.266 e. The van der Waals surface area contributed by atoms with Crippen LogP contribution in [0.1, 0.15) is 25.1 Å². The Kier molecular flexibility index (Phi) is 3.03. The maximum atomic E-state index is 4.22. The van der Waals surface area contributed by atoms with E-state index in [1.807, 2.05) is 34.9 Å². The molecule has 0 bridgehead atoms. The van der Waals surface area contributed by atoms with Gasteiger partial charge in [0.2, 0.25) is 0 Å². The molecule has 0 saturated heterocycles. The van der Waals surface area contributed by atoms with E-state index in [-0.39, 0.29) is 0 Å². The molecule has 0 aliphatic rings. The largest absolute Gasteiger partial charge is 0.266 e. The van der Waals surface area contributed by atoms with Crippen molar-refractivity contribution in [2.45, 2.75) is 33.9 Å². The first-order chi connectivity index (χ1) is 7.63. The summed E-state index contributed by atoms with van der Waals surface area (Å²) in [7, 11) is 0. The van der Waals surface area contributed by atoms with Gasteiger partial charge in [0, 0.05) is 12.7 Å². The summed E-state index contributed by atoms with van der Waals surface area (Å²) in [5.41, 5.74) is 2.11. The van der Waals surface area contributed by atoms with E-state index >= 15 is 0 Å². The van der Waals surface area contributed by atoms with E-state index in [1.165, 1.54) is 0 Å². The number of hydrogen-bond acceptors (Lipinski definition) is 3. The first kappa shape index (κ1) is 10.9. The predicted molar refractivity (Wildman–Crippen MR) is 60.9 cm³/mol. The Morgan fingerprint density at radius 2 is 2.06 bits per heavy atom. The van der Waals surface area contributed by atoms with Gasteiger partial charge >= 0.3 is 0 Å². The van der Waals surface area contributed by atoms with E-state index < -0.39 is 0 Å². The van der Waals surface area contributed by atoms with Crippen LogP contribution >= 0.6 is 0 Å². The third kappa shape index (κ3) is 2.68. The lowest BCUT2D eigenvalue weighted by Crippen LogP contribution is -2.04.